The molecule has 0 unspecified atom stereocenters. The van der Waals surface area contributed by atoms with Crippen molar-refractivity contribution in [3.8, 4) is 0 Å². The van der Waals surface area contributed by atoms with Crippen LogP contribution in [0.15, 0.2) is 0 Å². The molecule has 0 aromatic carbocycles. The SMILES string of the molecule is [Ag].[Ca].[Dy].[Mg].[Nd]. The van der Waals surface area contributed by atoms with Gasteiger partial charge in [0.1, 0.15) is 0 Å². The molecule has 0 nitrogen and oxygen atoms in total. The first-order valence-corrected chi connectivity index (χ1v) is 0. The molecule has 0 atom stereocenters. The van der Waals surface area contributed by atoms with Gasteiger partial charge in [0.25, 0.3) is 0 Å². The second-order valence-corrected chi connectivity index (χ2v) is 0. The van der Waals surface area contributed by atoms with Crippen molar-refractivity contribution in [2.75, 3.05) is 0 Å². The Morgan fingerprint density at radius 1 is 1.00 bits per heavy atom. The molecule has 0 saturated heterocycles. The minimum absolute atomic E-state index is 0. The summed E-state index contributed by atoms with van der Waals surface area (Å²) >= 11 is 0. The Morgan fingerprint density at radius 2 is 1.00 bits per heavy atom. The molecule has 0 fully saturated rings. The Labute approximate surface area is 157 Å². The van der Waals surface area contributed by atoms with Crippen LogP contribution in [0.25, 0.3) is 0 Å². The van der Waals surface area contributed by atoms with E-state index in [4.69, 9.17) is 0 Å². The summed E-state index contributed by atoms with van der Waals surface area (Å²) in [6.45, 7) is 0. The average Bonchev–Trinajstić information content (AvgIpc) is 0. The molecule has 0 saturated carbocycles. The average molecular weight is 479 g/mol. The molecule has 5 heteroatoms. The zero-order valence-corrected chi connectivity index (χ0v) is 12.9. The van der Waals surface area contributed by atoms with Crippen LogP contribution in [0.5, 0.6) is 0 Å². The molecule has 0 heterocycles. The van der Waals surface area contributed by atoms with Crippen molar-refractivity contribution in [2.24, 2.45) is 0 Å². The maximum atomic E-state index is 0. The van der Waals surface area contributed by atoms with Gasteiger partial charge in [0.05, 0.1) is 0 Å². The summed E-state index contributed by atoms with van der Waals surface area (Å²) in [5.41, 5.74) is 0. The molecule has 0 aromatic rings. The Morgan fingerprint density at radius 3 is 1.00 bits per heavy atom. The molecule has 0 aromatic heterocycles. The van der Waals surface area contributed by atoms with E-state index in [2.05, 4.69) is 0 Å². The standard InChI is InChI=1S/Ag.Ca.Dy.Mg.Nd. The summed E-state index contributed by atoms with van der Waals surface area (Å²) in [5, 5.41) is 0. The summed E-state index contributed by atoms with van der Waals surface area (Å²) < 4.78 is 0. The third kappa shape index (κ3) is 17.7. The van der Waals surface area contributed by atoms with Gasteiger partial charge in [-0.2, -0.15) is 0 Å². The summed E-state index contributed by atoms with van der Waals surface area (Å²) in [6, 6.07) is 0. The van der Waals surface area contributed by atoms with Gasteiger partial charge < -0.3 is 0 Å². The Bertz CT molecular complexity index is 11.6. The number of rotatable bonds is 0. The van der Waals surface area contributed by atoms with Crippen LogP contribution in [0.2, 0.25) is 0 Å². The van der Waals surface area contributed by atoms with Crippen molar-refractivity contribution < 1.29 is 101 Å². The molecular formula is AgCaDyMgNd. The smallest absolute Gasteiger partial charge is 0 e. The molecule has 0 N–H and O–H groups in total. The van der Waals surface area contributed by atoms with Gasteiger partial charge in [-0.15, -0.1) is 0 Å². The van der Waals surface area contributed by atoms with Gasteiger partial charge in [-0.1, -0.05) is 0 Å². The van der Waals surface area contributed by atoms with Crippen LogP contribution in [0.3, 0.4) is 0 Å². The first kappa shape index (κ1) is 31.5. The summed E-state index contributed by atoms with van der Waals surface area (Å²) in [4.78, 5) is 0. The van der Waals surface area contributed by atoms with E-state index in [1.165, 1.54) is 0 Å². The van der Waals surface area contributed by atoms with Crippen molar-refractivity contribution in [3.05, 3.63) is 0 Å². The quantitative estimate of drug-likeness (QED) is 0.401. The molecule has 5 radical (unpaired) electrons. The van der Waals surface area contributed by atoms with Gasteiger partial charge in [-0.05, 0) is 0 Å². The van der Waals surface area contributed by atoms with Crippen LogP contribution in [0.1, 0.15) is 0 Å². The van der Waals surface area contributed by atoms with Crippen LogP contribution in [0, 0.1) is 79.0 Å². The summed E-state index contributed by atoms with van der Waals surface area (Å²) in [7, 11) is 0. The molecule has 0 aliphatic rings. The van der Waals surface area contributed by atoms with Gasteiger partial charge in [-0.25, -0.2) is 0 Å². The number of hydrogen-bond donors (Lipinski definition) is 0. The Hall–Kier alpha value is 5.39. The van der Waals surface area contributed by atoms with Crippen LogP contribution >= 0.6 is 0 Å². The predicted octanol–water partition coefficient (Wildman–Crippen LogP) is -0.764. The van der Waals surface area contributed by atoms with Crippen molar-refractivity contribution in [2.45, 2.75) is 0 Å². The van der Waals surface area contributed by atoms with Crippen molar-refractivity contribution in [3.63, 3.8) is 0 Å². The Balaban J connectivity index is 0. The van der Waals surface area contributed by atoms with Crippen LogP contribution < -0.4 is 0 Å². The minimum Gasteiger partial charge on any atom is 0 e. The normalized spacial score (nSPS) is 0. The van der Waals surface area contributed by atoms with Crippen molar-refractivity contribution in [1.29, 1.82) is 0 Å². The van der Waals surface area contributed by atoms with Gasteiger partial charge in [0.15, 0.2) is 0 Å². The van der Waals surface area contributed by atoms with Gasteiger partial charge >= 0.3 is 0 Å². The van der Waals surface area contributed by atoms with Gasteiger partial charge in [-0.3, -0.25) is 0 Å². The van der Waals surface area contributed by atoms with E-state index in [9.17, 15) is 0 Å². The largest absolute Gasteiger partial charge is 0 e. The maximum Gasteiger partial charge on any atom is 0 e. The van der Waals surface area contributed by atoms with Gasteiger partial charge in [0.2, 0.25) is 0 Å². The fraction of sp³-hybridized carbons (Fsp3) is 0. The van der Waals surface area contributed by atoms with E-state index in [1.54, 1.807) is 0 Å². The van der Waals surface area contributed by atoms with E-state index in [-0.39, 0.29) is 162 Å². The molecular weight excluding hydrogens is 479 g/mol. The fourth-order valence-electron chi connectivity index (χ4n) is 0. The topological polar surface area (TPSA) is 0 Å². The molecule has 0 rings (SSSR count). The second kappa shape index (κ2) is 22.8. The maximum absolute atomic E-state index is 0. The van der Waals surface area contributed by atoms with Crippen molar-refractivity contribution in [1.82, 2.24) is 0 Å². The van der Waals surface area contributed by atoms with Crippen LogP contribution in [-0.2, 0) is 22.4 Å². The van der Waals surface area contributed by atoms with E-state index < -0.39 is 0 Å². The Kier molecular flexibility index (Phi) is 143. The molecule has 0 aliphatic heterocycles. The molecule has 0 amide bonds. The first-order chi connectivity index (χ1) is 0. The molecule has 0 bridgehead atoms. The zero-order valence-electron chi connectivity index (χ0n) is 2.53. The monoisotopic (exact) mass is 477 g/mol. The third-order valence-corrected chi connectivity index (χ3v) is 0. The van der Waals surface area contributed by atoms with E-state index in [0.29, 0.717) is 0 Å². The van der Waals surface area contributed by atoms with E-state index >= 15 is 0 Å². The van der Waals surface area contributed by atoms with Crippen molar-refractivity contribution >= 4 is 60.8 Å². The summed E-state index contributed by atoms with van der Waals surface area (Å²) in [5.74, 6) is 0. The van der Waals surface area contributed by atoms with E-state index in [0.717, 1.165) is 0 Å². The predicted molar refractivity (Wildman–Crippen MR) is 11.5 cm³/mol. The first-order valence-electron chi connectivity index (χ1n) is 0. The van der Waals surface area contributed by atoms with Gasteiger partial charge in [0, 0.05) is 162 Å². The van der Waals surface area contributed by atoms with Crippen LogP contribution in [0.4, 0.5) is 0 Å². The second-order valence-electron chi connectivity index (χ2n) is 0. The molecule has 29 valence electrons. The third-order valence-electron chi connectivity index (χ3n) is 0. The van der Waals surface area contributed by atoms with E-state index in [1.807, 2.05) is 0 Å². The molecule has 0 aliphatic carbocycles. The molecule has 5 heavy (non-hydrogen) atoms. The summed E-state index contributed by atoms with van der Waals surface area (Å²) in [6.07, 6.45) is 0. The van der Waals surface area contributed by atoms with Crippen LogP contribution in [-0.4, -0.2) is 60.8 Å². The fourth-order valence-corrected chi connectivity index (χ4v) is 0. The minimum atomic E-state index is 0. The zero-order chi connectivity index (χ0) is 0. The number of hydrogen-bond acceptors (Lipinski definition) is 0. The molecule has 0 spiro atoms.